The fourth-order valence-electron chi connectivity index (χ4n) is 8.82. The molecule has 6 rings (SSSR count). The van der Waals surface area contributed by atoms with Crippen molar-refractivity contribution in [1.29, 1.82) is 0 Å². The highest BCUT2D eigenvalue weighted by Gasteiger charge is 2.75. The van der Waals surface area contributed by atoms with E-state index in [4.69, 9.17) is 14.2 Å². The molecular formula is C42H54N4O8. The summed E-state index contributed by atoms with van der Waals surface area (Å²) in [5, 5.41) is 13.9. The third-order valence-electron chi connectivity index (χ3n) is 11.4. The minimum absolute atomic E-state index is 0.198. The normalized spacial score (nSPS) is 26.4. The van der Waals surface area contributed by atoms with E-state index in [2.05, 4.69) is 23.4 Å². The topological polar surface area (TPSA) is 138 Å². The highest BCUT2D eigenvalue weighted by atomic mass is 16.6. The Hall–Kier alpha value is -4.36. The second-order valence-electron chi connectivity index (χ2n) is 14.8. The first-order valence-electron chi connectivity index (χ1n) is 19.2. The monoisotopic (exact) mass is 742 g/mol. The van der Waals surface area contributed by atoms with Crippen LogP contribution in [-0.4, -0.2) is 126 Å². The van der Waals surface area contributed by atoms with Gasteiger partial charge in [-0.1, -0.05) is 72.8 Å². The van der Waals surface area contributed by atoms with Crippen molar-refractivity contribution in [3.8, 4) is 0 Å². The van der Waals surface area contributed by atoms with E-state index in [0.29, 0.717) is 57.6 Å². The van der Waals surface area contributed by atoms with Crippen LogP contribution in [0.3, 0.4) is 0 Å². The first-order chi connectivity index (χ1) is 26.2. The van der Waals surface area contributed by atoms with Gasteiger partial charge in [-0.2, -0.15) is 0 Å². The van der Waals surface area contributed by atoms with Gasteiger partial charge in [0.15, 0.2) is 0 Å². The zero-order valence-electron chi connectivity index (χ0n) is 31.2. The molecule has 4 fully saturated rings. The van der Waals surface area contributed by atoms with Gasteiger partial charge < -0.3 is 34.4 Å². The lowest BCUT2D eigenvalue weighted by molar-refractivity contribution is -0.162. The number of fused-ring (bicyclic) bond motifs is 1. The Morgan fingerprint density at radius 3 is 2.44 bits per heavy atom. The maximum atomic E-state index is 15.0. The lowest BCUT2D eigenvalue weighted by atomic mass is 9.70. The molecule has 2 aromatic carbocycles. The van der Waals surface area contributed by atoms with Crippen LogP contribution in [0.5, 0.6) is 0 Å². The van der Waals surface area contributed by atoms with Crippen LogP contribution in [0.4, 0.5) is 0 Å². The summed E-state index contributed by atoms with van der Waals surface area (Å²) in [7, 11) is 0. The molecule has 2 N–H and O–H groups in total. The van der Waals surface area contributed by atoms with Gasteiger partial charge in [0.05, 0.1) is 49.8 Å². The van der Waals surface area contributed by atoms with Crippen molar-refractivity contribution in [3.63, 3.8) is 0 Å². The maximum absolute atomic E-state index is 15.0. The predicted octanol–water partition coefficient (Wildman–Crippen LogP) is 3.07. The fraction of sp³-hybridized carbons (Fsp3) is 0.524. The number of aliphatic hydroxyl groups excluding tert-OH is 1. The lowest BCUT2D eigenvalue weighted by Crippen LogP contribution is -2.59. The van der Waals surface area contributed by atoms with Gasteiger partial charge in [0.2, 0.25) is 17.7 Å². The molecule has 2 aromatic rings. The van der Waals surface area contributed by atoms with E-state index in [1.807, 2.05) is 60.7 Å². The van der Waals surface area contributed by atoms with Crippen LogP contribution in [0.15, 0.2) is 86.0 Å². The number of hydrogen-bond acceptors (Lipinski definition) is 9. The van der Waals surface area contributed by atoms with Crippen molar-refractivity contribution in [2.75, 3.05) is 52.5 Å². The van der Waals surface area contributed by atoms with Crippen molar-refractivity contribution >= 4 is 23.7 Å². The molecule has 12 nitrogen and oxygen atoms in total. The van der Waals surface area contributed by atoms with Crippen molar-refractivity contribution in [2.45, 2.75) is 75.0 Å². The van der Waals surface area contributed by atoms with Gasteiger partial charge in [-0.15, -0.1) is 13.2 Å². The molecule has 12 heteroatoms. The molecule has 3 amide bonds. The smallest absolute Gasteiger partial charge is 0.313 e. The summed E-state index contributed by atoms with van der Waals surface area (Å²) in [5.74, 6) is -3.50. The van der Waals surface area contributed by atoms with Gasteiger partial charge in [0.25, 0.3) is 0 Å². The number of likely N-dealkylation sites (tertiary alicyclic amines) is 1. The number of benzene rings is 2. The number of allylic oxidation sites excluding steroid dienone is 1. The number of nitrogens with one attached hydrogen (secondary N) is 1. The zero-order valence-corrected chi connectivity index (χ0v) is 31.2. The Kier molecular flexibility index (Phi) is 13.0. The molecule has 4 aliphatic rings. The molecule has 2 bridgehead atoms. The number of carbonyl (C=O) groups excluding carboxylic acids is 4. The summed E-state index contributed by atoms with van der Waals surface area (Å²) < 4.78 is 18.6. The molecule has 1 spiro atoms. The molecule has 4 saturated heterocycles. The Bertz CT molecular complexity index is 1640. The number of amides is 3. The second-order valence-corrected chi connectivity index (χ2v) is 14.8. The highest BCUT2D eigenvalue weighted by molar-refractivity contribution is 5.98. The van der Waals surface area contributed by atoms with E-state index in [0.717, 1.165) is 18.7 Å². The summed E-state index contributed by atoms with van der Waals surface area (Å²) in [5.41, 5.74) is 0.297. The Morgan fingerprint density at radius 1 is 1.07 bits per heavy atom. The van der Waals surface area contributed by atoms with Crippen LogP contribution < -0.4 is 5.32 Å². The van der Waals surface area contributed by atoms with E-state index in [1.165, 1.54) is 4.90 Å². The molecule has 0 radical (unpaired) electrons. The second kappa shape index (κ2) is 17.9. The largest absolute Gasteiger partial charge is 0.455 e. The summed E-state index contributed by atoms with van der Waals surface area (Å²) in [6, 6.07) is 16.3. The van der Waals surface area contributed by atoms with E-state index in [9.17, 15) is 24.3 Å². The standard InChI is InChI=1S/C42H54N4O8/c1-4-6-17-34(48)43-29(3)37(31-15-11-8-12-16-31)53-41(51)35-33-18-19-42(54-33)36(35)39(49)46(32(28-47)27-30-13-9-7-10-14-30)38(42)40(50)45(20-5-2)22-21-44-23-25-52-26-24-44/h4-5,7-16,29,32-33,35-38,47H,1-2,6,17-28H2,3H3,(H,43,48)/t29-,32+,33+,35-,36-,37-,38+,42-/m0/s1. The summed E-state index contributed by atoms with van der Waals surface area (Å²) in [4.78, 5) is 62.7. The summed E-state index contributed by atoms with van der Waals surface area (Å²) in [6.45, 7) is 13.1. The molecule has 4 aliphatic heterocycles. The van der Waals surface area contributed by atoms with Gasteiger partial charge in [-0.3, -0.25) is 24.1 Å². The fourth-order valence-corrected chi connectivity index (χ4v) is 8.82. The number of carbonyl (C=O) groups is 4. The molecule has 54 heavy (non-hydrogen) atoms. The number of nitrogens with zero attached hydrogens (tertiary/aromatic N) is 3. The molecule has 0 aromatic heterocycles. The van der Waals surface area contributed by atoms with Gasteiger partial charge in [0, 0.05) is 39.1 Å². The van der Waals surface area contributed by atoms with E-state index in [-0.39, 0.29) is 31.4 Å². The number of esters is 1. The van der Waals surface area contributed by atoms with Crippen molar-refractivity contribution in [1.82, 2.24) is 20.0 Å². The van der Waals surface area contributed by atoms with Gasteiger partial charge in [-0.05, 0) is 43.7 Å². The zero-order chi connectivity index (χ0) is 38.2. The highest BCUT2D eigenvalue weighted by Crippen LogP contribution is 2.59. The maximum Gasteiger partial charge on any atom is 0.313 e. The van der Waals surface area contributed by atoms with E-state index in [1.54, 1.807) is 24.0 Å². The van der Waals surface area contributed by atoms with Crippen molar-refractivity contribution < 1.29 is 38.5 Å². The molecule has 0 unspecified atom stereocenters. The molecular weight excluding hydrogens is 688 g/mol. The number of morpholine rings is 1. The van der Waals surface area contributed by atoms with Crippen LogP contribution >= 0.6 is 0 Å². The van der Waals surface area contributed by atoms with E-state index >= 15 is 0 Å². The third kappa shape index (κ3) is 8.17. The summed E-state index contributed by atoms with van der Waals surface area (Å²) in [6.07, 6.45) is 3.79. The number of aliphatic hydroxyl groups is 1. The Morgan fingerprint density at radius 2 is 1.78 bits per heavy atom. The van der Waals surface area contributed by atoms with Crippen LogP contribution in [0.1, 0.15) is 49.8 Å². The van der Waals surface area contributed by atoms with Crippen LogP contribution in [0, 0.1) is 11.8 Å². The van der Waals surface area contributed by atoms with Gasteiger partial charge in [0.1, 0.15) is 17.7 Å². The average Bonchev–Trinajstić information content (AvgIpc) is 3.85. The quantitative estimate of drug-likeness (QED) is 0.175. The Labute approximate surface area is 318 Å². The van der Waals surface area contributed by atoms with Gasteiger partial charge in [-0.25, -0.2) is 0 Å². The minimum atomic E-state index is -1.29. The average molecular weight is 743 g/mol. The van der Waals surface area contributed by atoms with E-state index < -0.39 is 59.6 Å². The van der Waals surface area contributed by atoms with Crippen LogP contribution in [0.2, 0.25) is 0 Å². The van der Waals surface area contributed by atoms with Crippen molar-refractivity contribution in [2.24, 2.45) is 11.8 Å². The first-order valence-corrected chi connectivity index (χ1v) is 19.2. The van der Waals surface area contributed by atoms with Crippen LogP contribution in [0.25, 0.3) is 0 Å². The SMILES string of the molecule is C=CCCC(=O)N[C@@H](C)[C@H](OC(=O)[C@@H]1[C@H]2C(=O)N([C@@H](CO)Cc3ccccc3)[C@H](C(=O)N(CC=C)CCN3CCOCC3)[C@]23CC[C@H]1O3)c1ccccc1. The summed E-state index contributed by atoms with van der Waals surface area (Å²) >= 11 is 0. The lowest BCUT2D eigenvalue weighted by Gasteiger charge is -2.40. The molecule has 4 heterocycles. The molecule has 0 saturated carbocycles. The van der Waals surface area contributed by atoms with Gasteiger partial charge >= 0.3 is 5.97 Å². The molecule has 290 valence electrons. The predicted molar refractivity (Wildman–Crippen MR) is 202 cm³/mol. The third-order valence-corrected chi connectivity index (χ3v) is 11.4. The first kappa shape index (κ1) is 39.3. The Balaban J connectivity index is 1.32. The molecule has 8 atom stereocenters. The number of rotatable bonds is 18. The number of hydrogen-bond donors (Lipinski definition) is 2. The minimum Gasteiger partial charge on any atom is -0.455 e. The molecule has 0 aliphatic carbocycles. The van der Waals surface area contributed by atoms with Crippen LogP contribution in [-0.2, 0) is 39.8 Å². The van der Waals surface area contributed by atoms with Crippen molar-refractivity contribution in [3.05, 3.63) is 97.1 Å². The number of ether oxygens (including phenoxy) is 3.